The van der Waals surface area contributed by atoms with Crippen LogP contribution in [-0.4, -0.2) is 69.4 Å². The standard InChI is InChI=1S/C19H21ClN4O3/c1-19(2,27)18(26)24-7-5-23(6-8-24)17-12-21-15-11-14(20)13(4-3-9-25)10-16(15)22-17/h10-12,25,27H,5-9H2,1-2H3. The van der Waals surface area contributed by atoms with Crippen molar-refractivity contribution in [1.82, 2.24) is 14.9 Å². The van der Waals surface area contributed by atoms with Crippen molar-refractivity contribution in [2.75, 3.05) is 37.7 Å². The molecule has 1 saturated heterocycles. The number of aliphatic hydroxyl groups is 2. The molecule has 7 nitrogen and oxygen atoms in total. The van der Waals surface area contributed by atoms with Gasteiger partial charge in [0, 0.05) is 31.7 Å². The van der Waals surface area contributed by atoms with Crippen LogP contribution in [0.3, 0.4) is 0 Å². The van der Waals surface area contributed by atoms with E-state index in [1.54, 1.807) is 23.2 Å². The van der Waals surface area contributed by atoms with E-state index in [0.29, 0.717) is 53.6 Å². The Bertz CT molecular complexity index is 922. The molecule has 0 aliphatic carbocycles. The molecule has 142 valence electrons. The Morgan fingerprint density at radius 1 is 1.26 bits per heavy atom. The molecule has 27 heavy (non-hydrogen) atoms. The lowest BCUT2D eigenvalue weighted by Gasteiger charge is -2.37. The van der Waals surface area contributed by atoms with Crippen molar-refractivity contribution in [3.8, 4) is 11.8 Å². The van der Waals surface area contributed by atoms with E-state index in [0.717, 1.165) is 0 Å². The number of halogens is 1. The third-order valence-electron chi connectivity index (χ3n) is 4.33. The number of nitrogens with zero attached hydrogens (tertiary/aromatic N) is 4. The molecular weight excluding hydrogens is 368 g/mol. The molecule has 3 rings (SSSR count). The summed E-state index contributed by atoms with van der Waals surface area (Å²) in [7, 11) is 0. The van der Waals surface area contributed by atoms with Gasteiger partial charge in [0.15, 0.2) is 0 Å². The summed E-state index contributed by atoms with van der Waals surface area (Å²) in [4.78, 5) is 25.0. The van der Waals surface area contributed by atoms with Gasteiger partial charge < -0.3 is 20.0 Å². The van der Waals surface area contributed by atoms with Crippen LogP contribution in [-0.2, 0) is 4.79 Å². The zero-order valence-corrected chi connectivity index (χ0v) is 16.0. The van der Waals surface area contributed by atoms with Crippen LogP contribution in [0.5, 0.6) is 0 Å². The molecule has 8 heteroatoms. The molecule has 0 unspecified atom stereocenters. The first-order valence-corrected chi connectivity index (χ1v) is 9.00. The van der Waals surface area contributed by atoms with Crippen LogP contribution in [0.1, 0.15) is 19.4 Å². The van der Waals surface area contributed by atoms with Gasteiger partial charge >= 0.3 is 0 Å². The maximum atomic E-state index is 12.2. The highest BCUT2D eigenvalue weighted by Crippen LogP contribution is 2.24. The second kappa shape index (κ2) is 7.69. The Balaban J connectivity index is 1.80. The first-order chi connectivity index (χ1) is 12.8. The number of hydrogen-bond acceptors (Lipinski definition) is 6. The lowest BCUT2D eigenvalue weighted by molar-refractivity contribution is -0.148. The minimum atomic E-state index is -1.36. The molecule has 1 aliphatic rings. The molecule has 2 N–H and O–H groups in total. The Morgan fingerprint density at radius 3 is 2.59 bits per heavy atom. The van der Waals surface area contributed by atoms with E-state index in [1.807, 2.05) is 4.90 Å². The summed E-state index contributed by atoms with van der Waals surface area (Å²) in [5.41, 5.74) is 0.546. The molecule has 0 atom stereocenters. The van der Waals surface area contributed by atoms with E-state index in [-0.39, 0.29) is 12.5 Å². The highest BCUT2D eigenvalue weighted by atomic mass is 35.5. The van der Waals surface area contributed by atoms with Crippen LogP contribution in [0.4, 0.5) is 5.82 Å². The van der Waals surface area contributed by atoms with Gasteiger partial charge in [-0.2, -0.15) is 0 Å². The molecule has 1 aromatic heterocycles. The Morgan fingerprint density at radius 2 is 1.96 bits per heavy atom. The average molecular weight is 389 g/mol. The second-order valence-corrected chi connectivity index (χ2v) is 7.25. The van der Waals surface area contributed by atoms with Gasteiger partial charge in [-0.3, -0.25) is 9.78 Å². The lowest BCUT2D eigenvalue weighted by atomic mass is 10.1. The number of amides is 1. The minimum absolute atomic E-state index is 0.242. The van der Waals surface area contributed by atoms with E-state index in [9.17, 15) is 9.90 Å². The average Bonchev–Trinajstić information content (AvgIpc) is 2.65. The van der Waals surface area contributed by atoms with Crippen molar-refractivity contribution in [2.24, 2.45) is 0 Å². The molecule has 1 aromatic carbocycles. The highest BCUT2D eigenvalue weighted by Gasteiger charge is 2.31. The van der Waals surface area contributed by atoms with Crippen LogP contribution in [0.2, 0.25) is 5.02 Å². The predicted octanol–water partition coefficient (Wildman–Crippen LogP) is 1.05. The fraction of sp³-hybridized carbons (Fsp3) is 0.421. The zero-order chi connectivity index (χ0) is 19.6. The normalized spacial score (nSPS) is 14.9. The quantitative estimate of drug-likeness (QED) is 0.747. The van der Waals surface area contributed by atoms with Crippen LogP contribution < -0.4 is 4.90 Å². The largest absolute Gasteiger partial charge is 0.384 e. The van der Waals surface area contributed by atoms with Crippen molar-refractivity contribution in [3.05, 3.63) is 28.9 Å². The number of rotatable bonds is 2. The Kier molecular flexibility index (Phi) is 5.51. The van der Waals surface area contributed by atoms with E-state index in [1.165, 1.54) is 13.8 Å². The van der Waals surface area contributed by atoms with E-state index < -0.39 is 5.60 Å². The molecular formula is C19H21ClN4O3. The van der Waals surface area contributed by atoms with E-state index >= 15 is 0 Å². The Labute approximate surface area is 162 Å². The lowest BCUT2D eigenvalue weighted by Crippen LogP contribution is -2.54. The summed E-state index contributed by atoms with van der Waals surface area (Å²) in [6.45, 7) is 4.98. The first kappa shape index (κ1) is 19.4. The number of anilines is 1. The van der Waals surface area contributed by atoms with Crippen molar-refractivity contribution in [2.45, 2.75) is 19.4 Å². The number of hydrogen-bond donors (Lipinski definition) is 2. The number of piperazine rings is 1. The number of aromatic nitrogens is 2. The van der Waals surface area contributed by atoms with Crippen LogP contribution in [0.25, 0.3) is 11.0 Å². The number of aliphatic hydroxyl groups excluding tert-OH is 1. The molecule has 0 spiro atoms. The van der Waals surface area contributed by atoms with Gasteiger partial charge in [0.05, 0.1) is 22.3 Å². The monoisotopic (exact) mass is 388 g/mol. The molecule has 1 amide bonds. The molecule has 2 aromatic rings. The zero-order valence-electron chi connectivity index (χ0n) is 15.2. The maximum Gasteiger partial charge on any atom is 0.254 e. The fourth-order valence-electron chi connectivity index (χ4n) is 2.93. The third kappa shape index (κ3) is 4.30. The molecule has 1 fully saturated rings. The van der Waals surface area contributed by atoms with Gasteiger partial charge in [0.1, 0.15) is 18.0 Å². The van der Waals surface area contributed by atoms with Crippen molar-refractivity contribution in [3.63, 3.8) is 0 Å². The van der Waals surface area contributed by atoms with Gasteiger partial charge in [-0.15, -0.1) is 0 Å². The van der Waals surface area contributed by atoms with Crippen molar-refractivity contribution < 1.29 is 15.0 Å². The molecule has 0 radical (unpaired) electrons. The summed E-state index contributed by atoms with van der Waals surface area (Å²) in [5.74, 6) is 5.82. The second-order valence-electron chi connectivity index (χ2n) is 6.85. The van der Waals surface area contributed by atoms with Gasteiger partial charge in [0.2, 0.25) is 0 Å². The van der Waals surface area contributed by atoms with E-state index in [2.05, 4.69) is 21.8 Å². The number of carbonyl (C=O) groups excluding carboxylic acids is 1. The molecule has 0 bridgehead atoms. The number of benzene rings is 1. The fourth-order valence-corrected chi connectivity index (χ4v) is 3.14. The van der Waals surface area contributed by atoms with Crippen LogP contribution in [0, 0.1) is 11.8 Å². The van der Waals surface area contributed by atoms with Crippen LogP contribution >= 0.6 is 11.6 Å². The molecule has 1 aliphatic heterocycles. The Hall–Kier alpha value is -2.40. The smallest absolute Gasteiger partial charge is 0.254 e. The van der Waals surface area contributed by atoms with Gasteiger partial charge in [-0.25, -0.2) is 4.98 Å². The minimum Gasteiger partial charge on any atom is -0.384 e. The van der Waals surface area contributed by atoms with E-state index in [4.69, 9.17) is 16.7 Å². The number of carbonyl (C=O) groups is 1. The summed E-state index contributed by atoms with van der Waals surface area (Å²) >= 11 is 6.19. The van der Waals surface area contributed by atoms with Crippen molar-refractivity contribution >= 4 is 34.4 Å². The number of fused-ring (bicyclic) bond motifs is 1. The topological polar surface area (TPSA) is 89.8 Å². The molecule has 0 saturated carbocycles. The first-order valence-electron chi connectivity index (χ1n) is 8.62. The maximum absolute atomic E-state index is 12.2. The summed E-state index contributed by atoms with van der Waals surface area (Å²) < 4.78 is 0. The van der Waals surface area contributed by atoms with Gasteiger partial charge in [-0.1, -0.05) is 23.4 Å². The van der Waals surface area contributed by atoms with Gasteiger partial charge in [-0.05, 0) is 26.0 Å². The SMILES string of the molecule is CC(C)(O)C(=O)N1CCN(c2cnc3cc(Cl)c(C#CCO)cc3n2)CC1. The highest BCUT2D eigenvalue weighted by molar-refractivity contribution is 6.32. The summed E-state index contributed by atoms with van der Waals surface area (Å²) in [6, 6.07) is 3.46. The van der Waals surface area contributed by atoms with Crippen LogP contribution in [0.15, 0.2) is 18.3 Å². The summed E-state index contributed by atoms with van der Waals surface area (Å²) in [5, 5.41) is 19.2. The molecule has 2 heterocycles. The van der Waals surface area contributed by atoms with Crippen molar-refractivity contribution in [1.29, 1.82) is 0 Å². The predicted molar refractivity (Wildman–Crippen MR) is 104 cm³/mol. The third-order valence-corrected chi connectivity index (χ3v) is 4.65. The van der Waals surface area contributed by atoms with Gasteiger partial charge in [0.25, 0.3) is 5.91 Å². The summed E-state index contributed by atoms with van der Waals surface area (Å²) in [6.07, 6.45) is 1.69.